The van der Waals surface area contributed by atoms with E-state index in [0.717, 1.165) is 18.1 Å². The second kappa shape index (κ2) is 26.9. The van der Waals surface area contributed by atoms with Gasteiger partial charge in [0.1, 0.15) is 0 Å². The predicted octanol–water partition coefficient (Wildman–Crippen LogP) is 7.95. The molecule has 0 atom stereocenters. The molecule has 0 N–H and O–H groups in total. The summed E-state index contributed by atoms with van der Waals surface area (Å²) in [5.74, 6) is 0. The van der Waals surface area contributed by atoms with Crippen LogP contribution < -0.4 is 0 Å². The van der Waals surface area contributed by atoms with Crippen LogP contribution in [0.5, 0.6) is 0 Å². The molecule has 1 aromatic rings. The van der Waals surface area contributed by atoms with Crippen LogP contribution in [-0.2, 0) is 165 Å². The molecule has 255 valence electrons. The minimum Gasteiger partial charge on any atom is -0.813 e. The summed E-state index contributed by atoms with van der Waals surface area (Å²) in [6.45, 7) is 38.2. The molecule has 3 radical (unpaired) electrons. The van der Waals surface area contributed by atoms with Crippen molar-refractivity contribution in [1.82, 2.24) is 0 Å². The van der Waals surface area contributed by atoms with Gasteiger partial charge >= 0.3 is 0 Å². The zero-order valence-electron chi connectivity index (χ0n) is 28.0. The smallest absolute Gasteiger partial charge is 0.0470 e. The van der Waals surface area contributed by atoms with Gasteiger partial charge < -0.3 is 104 Å². The van der Waals surface area contributed by atoms with Crippen LogP contribution in [0.25, 0.3) is 0 Å². The van der Waals surface area contributed by atoms with Crippen molar-refractivity contribution in [1.29, 1.82) is 0 Å². The predicted molar refractivity (Wildman–Crippen MR) is 218 cm³/mol. The van der Waals surface area contributed by atoms with Gasteiger partial charge in [-0.25, -0.2) is 18.1 Å². The Kier molecular flexibility index (Phi) is 44.0. The van der Waals surface area contributed by atoms with Crippen molar-refractivity contribution in [2.75, 3.05) is 0 Å². The molecule has 0 aliphatic carbocycles. The molecule has 41 heavy (non-hydrogen) atoms. The summed E-state index contributed by atoms with van der Waals surface area (Å²) in [6.07, 6.45) is 0. The van der Waals surface area contributed by atoms with Crippen molar-refractivity contribution in [2.24, 2.45) is 0 Å². The summed E-state index contributed by atoms with van der Waals surface area (Å²) >= 11 is 21.7. The third kappa shape index (κ3) is 24.7. The molecule has 0 aliphatic heterocycles. The second-order valence-corrected chi connectivity index (χ2v) is 36.5. The minimum absolute atomic E-state index is 0. The number of rotatable bonds is 4. The van der Waals surface area contributed by atoms with Crippen molar-refractivity contribution >= 4 is 137 Å². The first-order valence-corrected chi connectivity index (χ1v) is 27.7. The molecule has 15 heteroatoms. The first-order valence-electron chi connectivity index (χ1n) is 12.1. The maximum absolute atomic E-state index is 5.42. The maximum Gasteiger partial charge on any atom is 0.0470 e. The molecule has 0 bridgehead atoms. The van der Waals surface area contributed by atoms with Crippen molar-refractivity contribution < 1.29 is 61.0 Å². The molecular formula is C26H55IrRe2S8Si4-9. The molecule has 0 aliphatic rings. The Bertz CT molecular complexity index is 741. The van der Waals surface area contributed by atoms with Crippen LogP contribution in [0.2, 0.25) is 78.6 Å². The van der Waals surface area contributed by atoms with Crippen molar-refractivity contribution in [3.8, 4) is 0 Å². The van der Waals surface area contributed by atoms with Crippen LogP contribution in [-0.4, -0.2) is 32.3 Å². The van der Waals surface area contributed by atoms with E-state index in [2.05, 4.69) is 113 Å². The van der Waals surface area contributed by atoms with Gasteiger partial charge in [0.05, 0.1) is 0 Å². The maximum atomic E-state index is 5.42. The summed E-state index contributed by atoms with van der Waals surface area (Å²) in [4.78, 5) is 0. The molecule has 0 saturated carbocycles. The van der Waals surface area contributed by atoms with Crippen molar-refractivity contribution in [3.63, 3.8) is 0 Å². The standard InChI is InChI=1S/C10H15.2C8H20S2Si2.Ir.2Re.4H2S/c1-6-7(2)9(4)10(5)8(6)3;2*1-11(2,3)7(9)8(10)12(4,5)6;;;;;;;/h1-5H3;2*9-10H,1-6H3;;;;4*1H2/q-1;;;;;;;;;/p-8. The van der Waals surface area contributed by atoms with Crippen LogP contribution in [0, 0.1) is 34.6 Å². The fraction of sp³-hybridized carbons (Fsp3) is 0.654. The van der Waals surface area contributed by atoms with E-state index in [4.69, 9.17) is 50.5 Å². The molecule has 0 nitrogen and oxygen atoms in total. The van der Waals surface area contributed by atoms with Crippen molar-refractivity contribution in [2.45, 2.75) is 113 Å². The van der Waals surface area contributed by atoms with E-state index in [1.165, 1.54) is 27.8 Å². The summed E-state index contributed by atoms with van der Waals surface area (Å²) in [5.41, 5.74) is 7.34. The quantitative estimate of drug-likeness (QED) is 0.128. The Morgan fingerprint density at radius 2 is 0.561 bits per heavy atom. The molecular weight excluding hydrogens is 1250 g/mol. The van der Waals surface area contributed by atoms with Crippen LogP contribution in [0.3, 0.4) is 0 Å². The van der Waals surface area contributed by atoms with E-state index in [9.17, 15) is 0 Å². The fourth-order valence-corrected chi connectivity index (χ4v) is 13.7. The van der Waals surface area contributed by atoms with Crippen LogP contribution >= 0.6 is 0 Å². The molecule has 0 fully saturated rings. The summed E-state index contributed by atoms with van der Waals surface area (Å²) in [6, 6.07) is 0. The molecule has 0 spiro atoms. The van der Waals surface area contributed by atoms with E-state index >= 15 is 0 Å². The average molecular weight is 1300 g/mol. The third-order valence-corrected chi connectivity index (χ3v) is 22.0. The van der Waals surface area contributed by atoms with Gasteiger partial charge in [0.2, 0.25) is 0 Å². The SMILES string of the molecule is C[Si](C)(C)C([S-])=C([S-])[Si](C)(C)C.C[Si](C)(C)C([S-])=C([S-])[Si](C)(C)C.Cc1c(C)c(C)[c-](C)c1C.[Ir].[Re].[Re].[SH-].[SH-].[SH-].[SH-]. The monoisotopic (exact) mass is 1300 g/mol. The van der Waals surface area contributed by atoms with E-state index < -0.39 is 32.3 Å². The van der Waals surface area contributed by atoms with E-state index in [1.807, 2.05) is 0 Å². The average Bonchev–Trinajstić information content (AvgIpc) is 2.81. The fourth-order valence-electron chi connectivity index (χ4n) is 2.77. The zero-order valence-corrected chi connectivity index (χ0v) is 46.7. The Labute approximate surface area is 352 Å². The Balaban J connectivity index is -0.0000000494. The molecule has 0 amide bonds. The van der Waals surface area contributed by atoms with E-state index in [0.29, 0.717) is 0 Å². The van der Waals surface area contributed by atoms with Crippen molar-refractivity contribution in [3.05, 3.63) is 45.9 Å². The molecule has 1 aromatic carbocycles. The molecule has 0 heterocycles. The number of hydrogen-bond acceptors (Lipinski definition) is 8. The van der Waals surface area contributed by atoms with Gasteiger partial charge in [-0.2, -0.15) is 27.8 Å². The van der Waals surface area contributed by atoms with E-state index in [1.54, 1.807) is 0 Å². The van der Waals surface area contributed by atoms with Gasteiger partial charge in [-0.3, -0.25) is 0 Å². The topological polar surface area (TPSA) is 0 Å². The summed E-state index contributed by atoms with van der Waals surface area (Å²) < 4.78 is 4.49. The minimum atomic E-state index is -1.31. The van der Waals surface area contributed by atoms with Gasteiger partial charge in [0.25, 0.3) is 0 Å². The van der Waals surface area contributed by atoms with Crippen LogP contribution in [0.1, 0.15) is 27.8 Å². The molecule has 1 rings (SSSR count). The van der Waals surface area contributed by atoms with Gasteiger partial charge in [0.15, 0.2) is 0 Å². The Morgan fingerprint density at radius 3 is 0.610 bits per heavy atom. The first-order chi connectivity index (χ1) is 14.7. The largest absolute Gasteiger partial charge is 0.813 e. The van der Waals surface area contributed by atoms with Gasteiger partial charge in [-0.15, -0.1) is 0 Å². The third-order valence-electron chi connectivity index (χ3n) is 5.95. The van der Waals surface area contributed by atoms with Gasteiger partial charge in [-0.05, 0) is 0 Å². The summed E-state index contributed by atoms with van der Waals surface area (Å²) in [5, 5.41) is 0. The number of thiol groups is 4. The molecule has 0 unspecified atom stereocenters. The van der Waals surface area contributed by atoms with Crippen LogP contribution in [0.4, 0.5) is 0 Å². The normalized spacial score (nSPS) is 11.8. The first kappa shape index (κ1) is 67.2. The van der Waals surface area contributed by atoms with E-state index in [-0.39, 0.29) is 115 Å². The number of hydrogen-bond donors (Lipinski definition) is 0. The van der Waals surface area contributed by atoms with Gasteiger partial charge in [0, 0.05) is 93.2 Å². The summed E-state index contributed by atoms with van der Waals surface area (Å²) in [7, 11) is -5.23. The Hall–Kier alpha value is 3.95. The Morgan fingerprint density at radius 1 is 0.439 bits per heavy atom. The van der Waals surface area contributed by atoms with Gasteiger partial charge in [-0.1, -0.05) is 113 Å². The molecule has 0 saturated heterocycles. The molecule has 0 aromatic heterocycles. The zero-order chi connectivity index (χ0) is 28.2. The van der Waals surface area contributed by atoms with Crippen LogP contribution in [0.15, 0.2) is 18.1 Å². The second-order valence-electron chi connectivity index (χ2n) is 13.4.